The molecule has 9 heteroatoms. The minimum Gasteiger partial charge on any atom is -0.492 e. The van der Waals surface area contributed by atoms with Crippen molar-refractivity contribution in [2.24, 2.45) is 0 Å². The molecule has 0 bridgehead atoms. The van der Waals surface area contributed by atoms with Crippen molar-refractivity contribution >= 4 is 23.3 Å². The second-order valence-corrected chi connectivity index (χ2v) is 7.32. The van der Waals surface area contributed by atoms with E-state index in [9.17, 15) is 9.90 Å². The van der Waals surface area contributed by atoms with Gasteiger partial charge in [0, 0.05) is 22.9 Å². The van der Waals surface area contributed by atoms with Crippen molar-refractivity contribution in [2.75, 3.05) is 12.3 Å². The van der Waals surface area contributed by atoms with E-state index < -0.39 is 5.97 Å². The largest absolute Gasteiger partial charge is 0.492 e. The second-order valence-electron chi connectivity index (χ2n) is 6.24. The molecule has 26 heavy (non-hydrogen) atoms. The number of nitrogen functional groups attached to an aromatic ring is 1. The van der Waals surface area contributed by atoms with Gasteiger partial charge in [-0.25, -0.2) is 14.5 Å². The van der Waals surface area contributed by atoms with Crippen LogP contribution in [-0.4, -0.2) is 37.4 Å². The average molecular weight is 371 g/mol. The number of rotatable bonds is 3. The number of aromatic nitrogens is 4. The van der Waals surface area contributed by atoms with E-state index in [1.165, 1.54) is 11.3 Å². The van der Waals surface area contributed by atoms with Crippen molar-refractivity contribution in [2.45, 2.75) is 26.3 Å². The van der Waals surface area contributed by atoms with Crippen LogP contribution in [0.4, 0.5) is 5.95 Å². The second kappa shape index (κ2) is 6.10. The van der Waals surface area contributed by atoms with Crippen LogP contribution in [0.1, 0.15) is 35.1 Å². The number of nitrogens with two attached hydrogens (primary N) is 1. The topological polar surface area (TPSA) is 116 Å². The molecule has 0 aliphatic carbocycles. The van der Waals surface area contributed by atoms with Crippen LogP contribution in [0.15, 0.2) is 18.2 Å². The van der Waals surface area contributed by atoms with E-state index in [-0.39, 0.29) is 17.6 Å². The van der Waals surface area contributed by atoms with E-state index in [0.717, 1.165) is 21.1 Å². The fourth-order valence-corrected chi connectivity index (χ4v) is 3.94. The van der Waals surface area contributed by atoms with Crippen LogP contribution in [0.25, 0.3) is 22.1 Å². The molecule has 1 aliphatic rings. The Kier molecular flexibility index (Phi) is 3.87. The number of ether oxygens (including phenoxy) is 1. The van der Waals surface area contributed by atoms with Gasteiger partial charge >= 0.3 is 5.97 Å². The number of carboxylic acids is 1. The van der Waals surface area contributed by atoms with Crippen LogP contribution in [0.3, 0.4) is 0 Å². The molecular weight excluding hydrogens is 354 g/mol. The lowest BCUT2D eigenvalue weighted by Crippen LogP contribution is -2.05. The quantitative estimate of drug-likeness (QED) is 0.727. The molecule has 0 atom stereocenters. The molecule has 3 aromatic rings. The third-order valence-electron chi connectivity index (χ3n) is 4.10. The van der Waals surface area contributed by atoms with E-state index in [1.54, 1.807) is 22.9 Å². The molecule has 0 radical (unpaired) electrons. The lowest BCUT2D eigenvalue weighted by atomic mass is 10.1. The molecule has 0 fully saturated rings. The van der Waals surface area contributed by atoms with Gasteiger partial charge in [0.25, 0.3) is 0 Å². The molecule has 2 aromatic heterocycles. The van der Waals surface area contributed by atoms with E-state index in [4.69, 9.17) is 15.5 Å². The van der Waals surface area contributed by atoms with Crippen LogP contribution in [-0.2, 0) is 6.42 Å². The molecule has 1 aliphatic heterocycles. The maximum Gasteiger partial charge on any atom is 0.335 e. The number of fused-ring (bicyclic) bond motifs is 3. The number of hydrogen-bond acceptors (Lipinski definition) is 7. The van der Waals surface area contributed by atoms with Gasteiger partial charge in [0.05, 0.1) is 17.9 Å². The highest BCUT2D eigenvalue weighted by molar-refractivity contribution is 7.15. The lowest BCUT2D eigenvalue weighted by Gasteiger charge is -2.08. The normalized spacial score (nSPS) is 13.0. The number of carbonyl (C=O) groups is 1. The number of anilines is 1. The fourth-order valence-electron chi connectivity index (χ4n) is 2.90. The molecule has 0 spiro atoms. The van der Waals surface area contributed by atoms with E-state index in [0.29, 0.717) is 24.6 Å². The molecule has 3 heterocycles. The third kappa shape index (κ3) is 2.70. The zero-order chi connectivity index (χ0) is 18.4. The number of thiazole rings is 1. The van der Waals surface area contributed by atoms with Crippen LogP contribution in [0.5, 0.6) is 5.75 Å². The summed E-state index contributed by atoms with van der Waals surface area (Å²) in [5, 5.41) is 14.2. The highest BCUT2D eigenvalue weighted by Crippen LogP contribution is 2.40. The van der Waals surface area contributed by atoms with Gasteiger partial charge in [0.15, 0.2) is 10.8 Å². The highest BCUT2D eigenvalue weighted by atomic mass is 32.1. The molecule has 0 saturated carbocycles. The van der Waals surface area contributed by atoms with E-state index >= 15 is 0 Å². The predicted molar refractivity (Wildman–Crippen MR) is 97.5 cm³/mol. The number of aromatic carboxylic acids is 1. The first-order chi connectivity index (χ1) is 12.4. The summed E-state index contributed by atoms with van der Waals surface area (Å²) in [7, 11) is 0. The third-order valence-corrected chi connectivity index (χ3v) is 5.21. The Morgan fingerprint density at radius 3 is 2.92 bits per heavy atom. The maximum atomic E-state index is 11.2. The molecule has 0 unspecified atom stereocenters. The summed E-state index contributed by atoms with van der Waals surface area (Å²) >= 11 is 1.53. The molecule has 134 valence electrons. The summed E-state index contributed by atoms with van der Waals surface area (Å²) in [6, 6.07) is 4.95. The fraction of sp³-hybridized carbons (Fsp3) is 0.294. The first-order valence-electron chi connectivity index (χ1n) is 8.16. The molecule has 1 aromatic carbocycles. The van der Waals surface area contributed by atoms with Crippen molar-refractivity contribution in [3.63, 3.8) is 0 Å². The van der Waals surface area contributed by atoms with Gasteiger partial charge in [-0.1, -0.05) is 0 Å². The Balaban J connectivity index is 1.84. The van der Waals surface area contributed by atoms with Crippen LogP contribution >= 0.6 is 11.3 Å². The minimum atomic E-state index is -0.986. The van der Waals surface area contributed by atoms with Gasteiger partial charge in [0.1, 0.15) is 5.75 Å². The average Bonchev–Trinajstić information content (AvgIpc) is 3.14. The SMILES string of the molecule is CC(C)n1nc(N)nc1-c1nc2c(s1)CCOc1cc(C(=O)O)ccc1-2. The van der Waals surface area contributed by atoms with Crippen LogP contribution in [0.2, 0.25) is 0 Å². The monoisotopic (exact) mass is 371 g/mol. The van der Waals surface area contributed by atoms with Crippen LogP contribution in [0, 0.1) is 0 Å². The summed E-state index contributed by atoms with van der Waals surface area (Å²) < 4.78 is 7.50. The number of benzene rings is 1. The van der Waals surface area contributed by atoms with Gasteiger partial charge in [-0.15, -0.1) is 16.4 Å². The Bertz CT molecular complexity index is 1010. The molecule has 4 rings (SSSR count). The Morgan fingerprint density at radius 2 is 2.19 bits per heavy atom. The van der Waals surface area contributed by atoms with Gasteiger partial charge < -0.3 is 15.6 Å². The van der Waals surface area contributed by atoms with Crippen molar-refractivity contribution < 1.29 is 14.6 Å². The van der Waals surface area contributed by atoms with Gasteiger partial charge in [-0.05, 0) is 32.0 Å². The van der Waals surface area contributed by atoms with Crippen molar-refractivity contribution in [3.05, 3.63) is 28.6 Å². The van der Waals surface area contributed by atoms with Gasteiger partial charge in [-0.3, -0.25) is 0 Å². The predicted octanol–water partition coefficient (Wildman–Crippen LogP) is 2.86. The number of nitrogens with zero attached hydrogens (tertiary/aromatic N) is 4. The smallest absolute Gasteiger partial charge is 0.335 e. The maximum absolute atomic E-state index is 11.2. The van der Waals surface area contributed by atoms with Crippen molar-refractivity contribution in [1.29, 1.82) is 0 Å². The number of hydrogen-bond donors (Lipinski definition) is 2. The number of carboxylic acid groups (broad SMARTS) is 1. The molecule has 3 N–H and O–H groups in total. The Morgan fingerprint density at radius 1 is 1.38 bits per heavy atom. The van der Waals surface area contributed by atoms with Crippen molar-refractivity contribution in [1.82, 2.24) is 19.7 Å². The molecule has 8 nitrogen and oxygen atoms in total. The van der Waals surface area contributed by atoms with Gasteiger partial charge in [-0.2, -0.15) is 4.98 Å². The molecule has 0 saturated heterocycles. The summed E-state index contributed by atoms with van der Waals surface area (Å²) in [6.45, 7) is 4.48. The summed E-state index contributed by atoms with van der Waals surface area (Å²) in [5.41, 5.74) is 7.55. The summed E-state index contributed by atoms with van der Waals surface area (Å²) in [5.74, 6) is 0.403. The van der Waals surface area contributed by atoms with E-state index in [2.05, 4.69) is 10.1 Å². The first-order valence-corrected chi connectivity index (χ1v) is 8.98. The molecule has 0 amide bonds. The summed E-state index contributed by atoms with van der Waals surface area (Å²) in [4.78, 5) is 21.4. The Hall–Kier alpha value is -2.94. The zero-order valence-electron chi connectivity index (χ0n) is 14.3. The van der Waals surface area contributed by atoms with Crippen LogP contribution < -0.4 is 10.5 Å². The lowest BCUT2D eigenvalue weighted by molar-refractivity contribution is 0.0696. The summed E-state index contributed by atoms with van der Waals surface area (Å²) in [6.07, 6.45) is 0.690. The standard InChI is InChI=1S/C17H17N5O3S/c1-8(2)22-14(20-17(18)21-22)15-19-13-10-4-3-9(16(23)24)7-11(10)25-6-5-12(13)26-15/h3-4,7-8H,5-6H2,1-2H3,(H2,18,21)(H,23,24). The Labute approximate surface area is 153 Å². The van der Waals surface area contributed by atoms with E-state index in [1.807, 2.05) is 13.8 Å². The molecular formula is C17H17N5O3S. The minimum absolute atomic E-state index is 0.104. The van der Waals surface area contributed by atoms with Gasteiger partial charge in [0.2, 0.25) is 5.95 Å². The highest BCUT2D eigenvalue weighted by Gasteiger charge is 2.24. The zero-order valence-corrected chi connectivity index (χ0v) is 15.1. The first kappa shape index (κ1) is 16.5. The van der Waals surface area contributed by atoms with Crippen molar-refractivity contribution in [3.8, 4) is 27.8 Å².